The fourth-order valence-corrected chi connectivity index (χ4v) is 3.41. The predicted molar refractivity (Wildman–Crippen MR) is 85.2 cm³/mol. The van der Waals surface area contributed by atoms with Crippen LogP contribution in [0.1, 0.15) is 26.2 Å². The van der Waals surface area contributed by atoms with Gasteiger partial charge in [0.15, 0.2) is 0 Å². The van der Waals surface area contributed by atoms with E-state index in [1.165, 1.54) is 0 Å². The SMILES string of the molecule is COc1ccccc1N1CCC(N2CCC(C)(O)CC2)C1=O. The third kappa shape index (κ3) is 2.83. The van der Waals surface area contributed by atoms with Gasteiger partial charge >= 0.3 is 0 Å². The smallest absolute Gasteiger partial charge is 0.244 e. The van der Waals surface area contributed by atoms with Crippen molar-refractivity contribution in [3.8, 4) is 5.75 Å². The van der Waals surface area contributed by atoms with Crippen molar-refractivity contribution in [2.75, 3.05) is 31.6 Å². The fraction of sp³-hybridized carbons (Fsp3) is 0.588. The normalized spacial score (nSPS) is 25.5. The van der Waals surface area contributed by atoms with Gasteiger partial charge < -0.3 is 14.7 Å². The van der Waals surface area contributed by atoms with Gasteiger partial charge in [0.05, 0.1) is 24.4 Å². The summed E-state index contributed by atoms with van der Waals surface area (Å²) >= 11 is 0. The molecule has 0 spiro atoms. The Hall–Kier alpha value is -1.59. The van der Waals surface area contributed by atoms with Gasteiger partial charge in [-0.05, 0) is 38.3 Å². The first-order valence-corrected chi connectivity index (χ1v) is 7.93. The topological polar surface area (TPSA) is 53.0 Å². The zero-order chi connectivity index (χ0) is 15.7. The molecule has 2 saturated heterocycles. The number of methoxy groups -OCH3 is 1. The molecule has 0 aliphatic carbocycles. The Kier molecular flexibility index (Phi) is 4.10. The molecule has 1 atom stereocenters. The number of hydrogen-bond donors (Lipinski definition) is 1. The van der Waals surface area contributed by atoms with E-state index in [1.807, 2.05) is 36.1 Å². The van der Waals surface area contributed by atoms with Gasteiger partial charge in [-0.15, -0.1) is 0 Å². The molecule has 5 heteroatoms. The number of likely N-dealkylation sites (tertiary alicyclic amines) is 1. The third-order valence-electron chi connectivity index (χ3n) is 4.87. The second kappa shape index (κ2) is 5.89. The van der Waals surface area contributed by atoms with Crippen molar-refractivity contribution < 1.29 is 14.6 Å². The summed E-state index contributed by atoms with van der Waals surface area (Å²) in [5.74, 6) is 0.879. The van der Waals surface area contributed by atoms with E-state index in [2.05, 4.69) is 4.90 Å². The van der Waals surface area contributed by atoms with Crippen molar-refractivity contribution in [3.63, 3.8) is 0 Å². The number of rotatable bonds is 3. The lowest BCUT2D eigenvalue weighted by atomic mass is 9.93. The van der Waals surface area contributed by atoms with E-state index in [9.17, 15) is 9.90 Å². The average Bonchev–Trinajstić information content (AvgIpc) is 2.89. The van der Waals surface area contributed by atoms with Crippen molar-refractivity contribution >= 4 is 11.6 Å². The number of anilines is 1. The Labute approximate surface area is 131 Å². The molecule has 2 aliphatic rings. The maximum Gasteiger partial charge on any atom is 0.244 e. The highest BCUT2D eigenvalue weighted by Gasteiger charge is 2.40. The molecule has 3 rings (SSSR count). The first-order chi connectivity index (χ1) is 10.5. The van der Waals surface area contributed by atoms with E-state index >= 15 is 0 Å². The Morgan fingerprint density at radius 3 is 2.59 bits per heavy atom. The minimum Gasteiger partial charge on any atom is -0.495 e. The summed E-state index contributed by atoms with van der Waals surface area (Å²) in [6, 6.07) is 7.58. The van der Waals surface area contributed by atoms with Crippen molar-refractivity contribution in [2.45, 2.75) is 37.8 Å². The average molecular weight is 304 g/mol. The van der Waals surface area contributed by atoms with Crippen LogP contribution in [0.3, 0.4) is 0 Å². The Morgan fingerprint density at radius 1 is 1.23 bits per heavy atom. The van der Waals surface area contributed by atoms with Crippen LogP contribution >= 0.6 is 0 Å². The molecule has 2 aliphatic heterocycles. The molecule has 0 saturated carbocycles. The maximum absolute atomic E-state index is 12.8. The van der Waals surface area contributed by atoms with Crippen LogP contribution < -0.4 is 9.64 Å². The summed E-state index contributed by atoms with van der Waals surface area (Å²) in [6.07, 6.45) is 2.29. The number of hydrogen-bond acceptors (Lipinski definition) is 4. The van der Waals surface area contributed by atoms with E-state index in [1.54, 1.807) is 7.11 Å². The molecule has 2 heterocycles. The number of benzene rings is 1. The number of amides is 1. The molecular formula is C17H24N2O3. The van der Waals surface area contributed by atoms with Gasteiger partial charge in [-0.25, -0.2) is 0 Å². The summed E-state index contributed by atoms with van der Waals surface area (Å²) in [4.78, 5) is 16.8. The lowest BCUT2D eigenvalue weighted by Gasteiger charge is -2.38. The second-order valence-corrected chi connectivity index (χ2v) is 6.50. The van der Waals surface area contributed by atoms with Gasteiger partial charge in [-0.3, -0.25) is 9.69 Å². The molecule has 1 aromatic rings. The molecule has 0 aromatic heterocycles. The fourth-order valence-electron chi connectivity index (χ4n) is 3.41. The van der Waals surface area contributed by atoms with Crippen LogP contribution in [-0.4, -0.2) is 54.3 Å². The molecule has 1 unspecified atom stereocenters. The van der Waals surface area contributed by atoms with Gasteiger partial charge in [-0.2, -0.15) is 0 Å². The van der Waals surface area contributed by atoms with E-state index in [0.717, 1.165) is 50.3 Å². The van der Waals surface area contributed by atoms with Gasteiger partial charge in [0.1, 0.15) is 5.75 Å². The molecule has 0 bridgehead atoms. The van der Waals surface area contributed by atoms with Gasteiger partial charge in [0.2, 0.25) is 5.91 Å². The van der Waals surface area contributed by atoms with E-state index in [0.29, 0.717) is 0 Å². The molecule has 1 amide bonds. The Bertz CT molecular complexity index is 549. The highest BCUT2D eigenvalue weighted by Crippen LogP contribution is 2.33. The largest absolute Gasteiger partial charge is 0.495 e. The van der Waals surface area contributed by atoms with Crippen LogP contribution in [0.15, 0.2) is 24.3 Å². The van der Waals surface area contributed by atoms with E-state index < -0.39 is 5.60 Å². The van der Waals surface area contributed by atoms with Gasteiger partial charge in [0.25, 0.3) is 0 Å². The first-order valence-electron chi connectivity index (χ1n) is 7.93. The maximum atomic E-state index is 12.8. The van der Waals surface area contributed by atoms with Crippen LogP contribution in [0.2, 0.25) is 0 Å². The highest BCUT2D eigenvalue weighted by atomic mass is 16.5. The number of carbonyl (C=O) groups excluding carboxylic acids is 1. The van der Waals surface area contributed by atoms with Crippen LogP contribution in [0.4, 0.5) is 5.69 Å². The Morgan fingerprint density at radius 2 is 1.91 bits per heavy atom. The van der Waals surface area contributed by atoms with Crippen molar-refractivity contribution in [2.24, 2.45) is 0 Å². The van der Waals surface area contributed by atoms with Crippen LogP contribution in [0, 0.1) is 0 Å². The minimum absolute atomic E-state index is 0.0685. The lowest BCUT2D eigenvalue weighted by Crippen LogP contribution is -2.49. The molecule has 1 N–H and O–H groups in total. The van der Waals surface area contributed by atoms with Crippen LogP contribution in [-0.2, 0) is 4.79 Å². The summed E-state index contributed by atoms with van der Waals surface area (Å²) in [7, 11) is 1.63. The van der Waals surface area contributed by atoms with E-state index in [4.69, 9.17) is 4.74 Å². The molecular weight excluding hydrogens is 280 g/mol. The van der Waals surface area contributed by atoms with Crippen LogP contribution in [0.5, 0.6) is 5.75 Å². The summed E-state index contributed by atoms with van der Waals surface area (Å²) < 4.78 is 5.37. The molecule has 120 valence electrons. The zero-order valence-corrected chi connectivity index (χ0v) is 13.3. The minimum atomic E-state index is -0.583. The number of piperidine rings is 1. The number of para-hydroxylation sites is 2. The number of ether oxygens (including phenoxy) is 1. The molecule has 2 fully saturated rings. The molecule has 1 aromatic carbocycles. The standard InChI is InChI=1S/C17H24N2O3/c1-17(21)8-11-18(12-9-17)14-7-10-19(16(14)20)13-5-3-4-6-15(13)22-2/h3-6,14,21H,7-12H2,1-2H3. The monoisotopic (exact) mass is 304 g/mol. The third-order valence-corrected chi connectivity index (χ3v) is 4.87. The highest BCUT2D eigenvalue weighted by molar-refractivity contribution is 6.00. The quantitative estimate of drug-likeness (QED) is 0.922. The lowest BCUT2D eigenvalue weighted by molar-refractivity contribution is -0.123. The van der Waals surface area contributed by atoms with Crippen molar-refractivity contribution in [3.05, 3.63) is 24.3 Å². The van der Waals surface area contributed by atoms with E-state index in [-0.39, 0.29) is 11.9 Å². The van der Waals surface area contributed by atoms with Crippen LogP contribution in [0.25, 0.3) is 0 Å². The zero-order valence-electron chi connectivity index (χ0n) is 13.3. The second-order valence-electron chi connectivity index (χ2n) is 6.50. The summed E-state index contributed by atoms with van der Waals surface area (Å²) in [6.45, 7) is 4.16. The van der Waals surface area contributed by atoms with Crippen molar-refractivity contribution in [1.29, 1.82) is 0 Å². The van der Waals surface area contributed by atoms with Gasteiger partial charge in [-0.1, -0.05) is 12.1 Å². The predicted octanol–water partition coefficient (Wildman–Crippen LogP) is 1.65. The molecule has 22 heavy (non-hydrogen) atoms. The number of aliphatic hydroxyl groups is 1. The number of carbonyl (C=O) groups is 1. The molecule has 0 radical (unpaired) electrons. The first kappa shape index (κ1) is 15.3. The Balaban J connectivity index is 1.73. The van der Waals surface area contributed by atoms with Gasteiger partial charge in [0, 0.05) is 19.6 Å². The molecule has 5 nitrogen and oxygen atoms in total. The summed E-state index contributed by atoms with van der Waals surface area (Å²) in [5.41, 5.74) is 0.266. The summed E-state index contributed by atoms with van der Waals surface area (Å²) in [5, 5.41) is 10.1. The number of nitrogens with zero attached hydrogens (tertiary/aromatic N) is 2. The van der Waals surface area contributed by atoms with Crippen molar-refractivity contribution in [1.82, 2.24) is 4.90 Å².